The van der Waals surface area contributed by atoms with E-state index in [9.17, 15) is 10.2 Å². The van der Waals surface area contributed by atoms with Crippen LogP contribution in [0.15, 0.2) is 18.2 Å². The van der Waals surface area contributed by atoms with E-state index in [1.807, 2.05) is 19.1 Å². The number of ether oxygens (including phenoxy) is 1. The first kappa shape index (κ1) is 14.2. The monoisotopic (exact) mass is 265 g/mol. The Labute approximate surface area is 114 Å². The number of hydrogen-bond donors (Lipinski definition) is 3. The number of phenolic OH excluding ortho intramolecular Hbond substituents is 1. The summed E-state index contributed by atoms with van der Waals surface area (Å²) in [5.41, 5.74) is 1.05. The third kappa shape index (κ3) is 3.85. The van der Waals surface area contributed by atoms with Crippen molar-refractivity contribution in [2.45, 2.75) is 51.3 Å². The molecule has 0 aromatic heterocycles. The molecule has 1 aliphatic carbocycles. The van der Waals surface area contributed by atoms with Gasteiger partial charge in [0.25, 0.3) is 0 Å². The average Bonchev–Trinajstić information content (AvgIpc) is 2.41. The van der Waals surface area contributed by atoms with Crippen LogP contribution in [0.3, 0.4) is 0 Å². The number of nitrogens with one attached hydrogen (secondary N) is 1. The highest BCUT2D eigenvalue weighted by atomic mass is 16.5. The van der Waals surface area contributed by atoms with Crippen LogP contribution >= 0.6 is 0 Å². The number of benzene rings is 1. The molecule has 2 atom stereocenters. The first-order valence-corrected chi connectivity index (χ1v) is 7.07. The molecule has 3 N–H and O–H groups in total. The van der Waals surface area contributed by atoms with Crippen molar-refractivity contribution < 1.29 is 14.9 Å². The number of aliphatic hydroxyl groups excluding tert-OH is 1. The van der Waals surface area contributed by atoms with E-state index < -0.39 is 0 Å². The molecule has 0 aliphatic heterocycles. The van der Waals surface area contributed by atoms with Gasteiger partial charge in [-0.25, -0.2) is 0 Å². The Morgan fingerprint density at radius 2 is 2.11 bits per heavy atom. The van der Waals surface area contributed by atoms with Crippen LogP contribution in [0.2, 0.25) is 0 Å². The number of hydrogen-bond acceptors (Lipinski definition) is 4. The Kier molecular flexibility index (Phi) is 5.05. The van der Waals surface area contributed by atoms with E-state index in [0.29, 0.717) is 18.9 Å². The van der Waals surface area contributed by atoms with Gasteiger partial charge in [-0.2, -0.15) is 0 Å². The molecule has 1 aromatic carbocycles. The van der Waals surface area contributed by atoms with Gasteiger partial charge >= 0.3 is 0 Å². The van der Waals surface area contributed by atoms with Crippen LogP contribution in [0, 0.1) is 0 Å². The summed E-state index contributed by atoms with van der Waals surface area (Å²) >= 11 is 0. The summed E-state index contributed by atoms with van der Waals surface area (Å²) in [6.07, 6.45) is 3.97. The third-order valence-electron chi connectivity index (χ3n) is 3.62. The van der Waals surface area contributed by atoms with Gasteiger partial charge < -0.3 is 20.3 Å². The minimum atomic E-state index is -0.239. The zero-order valence-electron chi connectivity index (χ0n) is 11.4. The summed E-state index contributed by atoms with van der Waals surface area (Å²) in [5.74, 6) is 0.689. The van der Waals surface area contributed by atoms with Crippen LogP contribution in [-0.4, -0.2) is 29.0 Å². The Balaban J connectivity index is 1.93. The zero-order valence-corrected chi connectivity index (χ0v) is 11.4. The molecule has 1 aliphatic rings. The SMILES string of the molecule is CCOc1cc(CNC2CCCCC2O)ccc1O. The Morgan fingerprint density at radius 3 is 2.84 bits per heavy atom. The fourth-order valence-corrected chi connectivity index (χ4v) is 2.54. The second-order valence-electron chi connectivity index (χ2n) is 5.07. The van der Waals surface area contributed by atoms with E-state index in [0.717, 1.165) is 24.8 Å². The lowest BCUT2D eigenvalue weighted by Gasteiger charge is -2.28. The molecular formula is C15H23NO3. The fraction of sp³-hybridized carbons (Fsp3) is 0.600. The molecular weight excluding hydrogens is 242 g/mol. The van der Waals surface area contributed by atoms with Crippen molar-refractivity contribution in [3.63, 3.8) is 0 Å². The van der Waals surface area contributed by atoms with Crippen LogP contribution in [-0.2, 0) is 6.54 Å². The first-order chi connectivity index (χ1) is 9.20. The molecule has 1 fully saturated rings. The summed E-state index contributed by atoms with van der Waals surface area (Å²) in [5, 5.41) is 22.9. The molecule has 0 saturated heterocycles. The van der Waals surface area contributed by atoms with Crippen LogP contribution in [0.4, 0.5) is 0 Å². The second-order valence-corrected chi connectivity index (χ2v) is 5.07. The van der Waals surface area contributed by atoms with Crippen molar-refractivity contribution in [3.8, 4) is 11.5 Å². The van der Waals surface area contributed by atoms with Crippen molar-refractivity contribution in [1.82, 2.24) is 5.32 Å². The Hall–Kier alpha value is -1.26. The third-order valence-corrected chi connectivity index (χ3v) is 3.62. The molecule has 0 bridgehead atoms. The maximum atomic E-state index is 9.90. The maximum absolute atomic E-state index is 9.90. The molecule has 0 spiro atoms. The average molecular weight is 265 g/mol. The van der Waals surface area contributed by atoms with E-state index in [-0.39, 0.29) is 17.9 Å². The minimum absolute atomic E-state index is 0.170. The van der Waals surface area contributed by atoms with Gasteiger partial charge in [0.05, 0.1) is 12.7 Å². The molecule has 0 heterocycles. The standard InChI is InChI=1S/C15H23NO3/c1-2-19-15-9-11(7-8-14(15)18)10-16-12-5-3-4-6-13(12)17/h7-9,12-13,16-18H,2-6,10H2,1H3. The lowest BCUT2D eigenvalue weighted by atomic mass is 9.92. The Bertz CT molecular complexity index is 408. The molecule has 2 rings (SSSR count). The maximum Gasteiger partial charge on any atom is 0.161 e. The van der Waals surface area contributed by atoms with Crippen molar-refractivity contribution in [2.24, 2.45) is 0 Å². The summed E-state index contributed by atoms with van der Waals surface area (Å²) in [4.78, 5) is 0. The number of aromatic hydroxyl groups is 1. The molecule has 1 saturated carbocycles. The van der Waals surface area contributed by atoms with Gasteiger partial charge in [0.15, 0.2) is 11.5 Å². The zero-order chi connectivity index (χ0) is 13.7. The molecule has 4 nitrogen and oxygen atoms in total. The highest BCUT2D eigenvalue weighted by molar-refractivity contribution is 5.41. The predicted octanol–water partition coefficient (Wildman–Crippen LogP) is 2.18. The topological polar surface area (TPSA) is 61.7 Å². The summed E-state index contributed by atoms with van der Waals surface area (Å²) in [6, 6.07) is 5.55. The van der Waals surface area contributed by atoms with Gasteiger partial charge in [0.1, 0.15) is 0 Å². The van der Waals surface area contributed by atoms with E-state index in [1.54, 1.807) is 6.07 Å². The first-order valence-electron chi connectivity index (χ1n) is 7.07. The van der Waals surface area contributed by atoms with Gasteiger partial charge in [-0.05, 0) is 37.5 Å². The van der Waals surface area contributed by atoms with Crippen molar-refractivity contribution in [3.05, 3.63) is 23.8 Å². The van der Waals surface area contributed by atoms with E-state index in [4.69, 9.17) is 4.74 Å². The smallest absolute Gasteiger partial charge is 0.161 e. The molecule has 106 valence electrons. The largest absolute Gasteiger partial charge is 0.504 e. The van der Waals surface area contributed by atoms with Crippen LogP contribution in [0.5, 0.6) is 11.5 Å². The van der Waals surface area contributed by atoms with Crippen molar-refractivity contribution >= 4 is 0 Å². The number of aliphatic hydroxyl groups is 1. The predicted molar refractivity (Wildman–Crippen MR) is 74.4 cm³/mol. The van der Waals surface area contributed by atoms with Gasteiger partial charge in [0, 0.05) is 12.6 Å². The van der Waals surface area contributed by atoms with Crippen LogP contribution in [0.25, 0.3) is 0 Å². The molecule has 0 radical (unpaired) electrons. The van der Waals surface area contributed by atoms with Crippen molar-refractivity contribution in [2.75, 3.05) is 6.61 Å². The van der Waals surface area contributed by atoms with Crippen LogP contribution in [0.1, 0.15) is 38.2 Å². The van der Waals surface area contributed by atoms with Crippen molar-refractivity contribution in [1.29, 1.82) is 0 Å². The normalized spacial score (nSPS) is 23.3. The number of rotatable bonds is 5. The highest BCUT2D eigenvalue weighted by Gasteiger charge is 2.22. The van der Waals surface area contributed by atoms with Gasteiger partial charge in [-0.3, -0.25) is 0 Å². The molecule has 19 heavy (non-hydrogen) atoms. The second kappa shape index (κ2) is 6.78. The van der Waals surface area contributed by atoms with E-state index >= 15 is 0 Å². The lowest BCUT2D eigenvalue weighted by Crippen LogP contribution is -2.41. The van der Waals surface area contributed by atoms with Gasteiger partial charge in [0.2, 0.25) is 0 Å². The van der Waals surface area contributed by atoms with E-state index in [1.165, 1.54) is 6.42 Å². The Morgan fingerprint density at radius 1 is 1.32 bits per heavy atom. The van der Waals surface area contributed by atoms with Crippen LogP contribution < -0.4 is 10.1 Å². The van der Waals surface area contributed by atoms with Gasteiger partial charge in [-0.1, -0.05) is 18.9 Å². The minimum Gasteiger partial charge on any atom is -0.504 e. The summed E-state index contributed by atoms with van der Waals surface area (Å²) < 4.78 is 5.36. The number of phenols is 1. The highest BCUT2D eigenvalue weighted by Crippen LogP contribution is 2.27. The van der Waals surface area contributed by atoms with E-state index in [2.05, 4.69) is 5.32 Å². The molecule has 0 amide bonds. The quantitative estimate of drug-likeness (QED) is 0.763. The van der Waals surface area contributed by atoms with Gasteiger partial charge in [-0.15, -0.1) is 0 Å². The summed E-state index contributed by atoms with van der Waals surface area (Å²) in [7, 11) is 0. The molecule has 2 unspecified atom stereocenters. The molecule has 4 heteroatoms. The lowest BCUT2D eigenvalue weighted by molar-refractivity contribution is 0.0902. The fourth-order valence-electron chi connectivity index (χ4n) is 2.54. The summed E-state index contributed by atoms with van der Waals surface area (Å²) in [6.45, 7) is 3.11. The molecule has 1 aromatic rings.